The molecule has 0 radical (unpaired) electrons. The van der Waals surface area contributed by atoms with Crippen molar-refractivity contribution in [3.8, 4) is 0 Å². The van der Waals surface area contributed by atoms with Crippen LogP contribution >= 0.6 is 0 Å². The van der Waals surface area contributed by atoms with Crippen LogP contribution in [0.5, 0.6) is 0 Å². The molecule has 86 valence electrons. The maximum absolute atomic E-state index is 6.08. The van der Waals surface area contributed by atoms with Crippen LogP contribution in [0.25, 0.3) is 0 Å². The SMILES string of the molecule is CCCn1ccc(CC(N)CC(C)C)c1. The number of nitrogens with zero attached hydrogens (tertiary/aromatic N) is 1. The summed E-state index contributed by atoms with van der Waals surface area (Å²) in [5, 5.41) is 0. The van der Waals surface area contributed by atoms with E-state index in [-0.39, 0.29) is 0 Å². The second-order valence-corrected chi connectivity index (χ2v) is 4.85. The van der Waals surface area contributed by atoms with Gasteiger partial charge in [-0.3, -0.25) is 0 Å². The molecule has 0 aliphatic heterocycles. The third-order valence-corrected chi connectivity index (χ3v) is 2.57. The minimum absolute atomic E-state index is 0.308. The number of rotatable bonds is 6. The van der Waals surface area contributed by atoms with Crippen LogP contribution in [0.2, 0.25) is 0 Å². The fourth-order valence-electron chi connectivity index (χ4n) is 2.00. The van der Waals surface area contributed by atoms with E-state index in [9.17, 15) is 0 Å². The highest BCUT2D eigenvalue weighted by molar-refractivity contribution is 5.11. The lowest BCUT2D eigenvalue weighted by Gasteiger charge is -2.12. The highest BCUT2D eigenvalue weighted by atomic mass is 14.9. The number of aryl methyl sites for hydroxylation is 1. The lowest BCUT2D eigenvalue weighted by molar-refractivity contribution is 0.493. The Labute approximate surface area is 93.5 Å². The molecule has 0 aromatic carbocycles. The van der Waals surface area contributed by atoms with Crippen LogP contribution in [-0.2, 0) is 13.0 Å². The van der Waals surface area contributed by atoms with E-state index in [1.165, 1.54) is 12.0 Å². The molecule has 2 heteroatoms. The van der Waals surface area contributed by atoms with Crippen LogP contribution in [0, 0.1) is 5.92 Å². The minimum atomic E-state index is 0.308. The van der Waals surface area contributed by atoms with E-state index in [1.807, 2.05) is 0 Å². The van der Waals surface area contributed by atoms with Gasteiger partial charge in [-0.05, 0) is 36.8 Å². The van der Waals surface area contributed by atoms with Crippen LogP contribution in [0.15, 0.2) is 18.5 Å². The Morgan fingerprint density at radius 3 is 2.73 bits per heavy atom. The van der Waals surface area contributed by atoms with Crippen molar-refractivity contribution >= 4 is 0 Å². The van der Waals surface area contributed by atoms with E-state index < -0.39 is 0 Å². The van der Waals surface area contributed by atoms with Gasteiger partial charge in [0, 0.05) is 25.0 Å². The first-order valence-corrected chi connectivity index (χ1v) is 6.02. The predicted octanol–water partition coefficient (Wildman–Crippen LogP) is 2.81. The molecule has 2 N–H and O–H groups in total. The van der Waals surface area contributed by atoms with Crippen molar-refractivity contribution in [2.45, 2.75) is 52.6 Å². The topological polar surface area (TPSA) is 30.9 Å². The lowest BCUT2D eigenvalue weighted by Crippen LogP contribution is -2.24. The van der Waals surface area contributed by atoms with E-state index in [0.717, 1.165) is 19.4 Å². The van der Waals surface area contributed by atoms with Crippen LogP contribution in [0.3, 0.4) is 0 Å². The third kappa shape index (κ3) is 4.52. The average Bonchev–Trinajstić information content (AvgIpc) is 2.51. The molecule has 0 aliphatic rings. The second kappa shape index (κ2) is 5.96. The van der Waals surface area contributed by atoms with Gasteiger partial charge in [0.2, 0.25) is 0 Å². The number of hydrogen-bond acceptors (Lipinski definition) is 1. The molecule has 1 heterocycles. The Balaban J connectivity index is 2.42. The molecule has 0 saturated heterocycles. The van der Waals surface area contributed by atoms with Gasteiger partial charge < -0.3 is 10.3 Å². The van der Waals surface area contributed by atoms with E-state index >= 15 is 0 Å². The Morgan fingerprint density at radius 1 is 1.40 bits per heavy atom. The zero-order valence-electron chi connectivity index (χ0n) is 10.2. The highest BCUT2D eigenvalue weighted by Crippen LogP contribution is 2.10. The molecule has 1 aromatic rings. The van der Waals surface area contributed by atoms with Crippen molar-refractivity contribution < 1.29 is 0 Å². The number of hydrogen-bond donors (Lipinski definition) is 1. The first-order valence-electron chi connectivity index (χ1n) is 6.02. The summed E-state index contributed by atoms with van der Waals surface area (Å²) >= 11 is 0. The van der Waals surface area contributed by atoms with E-state index in [4.69, 9.17) is 5.73 Å². The Morgan fingerprint density at radius 2 is 2.13 bits per heavy atom. The highest BCUT2D eigenvalue weighted by Gasteiger charge is 2.07. The summed E-state index contributed by atoms with van der Waals surface area (Å²) in [6.45, 7) is 7.76. The van der Waals surface area contributed by atoms with Crippen molar-refractivity contribution in [2.75, 3.05) is 0 Å². The second-order valence-electron chi connectivity index (χ2n) is 4.85. The van der Waals surface area contributed by atoms with Gasteiger partial charge in [0.15, 0.2) is 0 Å². The summed E-state index contributed by atoms with van der Waals surface area (Å²) in [6.07, 6.45) is 7.69. The Kier molecular flexibility index (Phi) is 4.89. The molecule has 0 spiro atoms. The van der Waals surface area contributed by atoms with Crippen LogP contribution in [0.4, 0.5) is 0 Å². The monoisotopic (exact) mass is 208 g/mol. The molecule has 1 aromatic heterocycles. The van der Waals surface area contributed by atoms with E-state index in [0.29, 0.717) is 12.0 Å². The predicted molar refractivity (Wildman–Crippen MR) is 65.9 cm³/mol. The molecule has 1 rings (SSSR count). The summed E-state index contributed by atoms with van der Waals surface area (Å²) in [5.74, 6) is 0.692. The summed E-state index contributed by atoms with van der Waals surface area (Å²) in [5.41, 5.74) is 7.45. The summed E-state index contributed by atoms with van der Waals surface area (Å²) < 4.78 is 2.25. The van der Waals surface area contributed by atoms with Gasteiger partial charge in [-0.1, -0.05) is 20.8 Å². The summed E-state index contributed by atoms with van der Waals surface area (Å²) in [7, 11) is 0. The molecule has 15 heavy (non-hydrogen) atoms. The number of aromatic nitrogens is 1. The maximum Gasteiger partial charge on any atom is 0.0217 e. The average molecular weight is 208 g/mol. The lowest BCUT2D eigenvalue weighted by atomic mass is 9.99. The van der Waals surface area contributed by atoms with Crippen molar-refractivity contribution in [2.24, 2.45) is 11.7 Å². The Hall–Kier alpha value is -0.760. The van der Waals surface area contributed by atoms with Gasteiger partial charge >= 0.3 is 0 Å². The standard InChI is InChI=1S/C13H24N2/c1-4-6-15-7-5-12(10-15)9-13(14)8-11(2)3/h5,7,10-11,13H,4,6,8-9,14H2,1-3H3. The molecule has 1 atom stereocenters. The summed E-state index contributed by atoms with van der Waals surface area (Å²) in [4.78, 5) is 0. The van der Waals surface area contributed by atoms with E-state index in [1.54, 1.807) is 0 Å². The fourth-order valence-corrected chi connectivity index (χ4v) is 2.00. The molecular formula is C13H24N2. The van der Waals surface area contributed by atoms with Gasteiger partial charge in [0.05, 0.1) is 0 Å². The molecule has 2 nitrogen and oxygen atoms in total. The van der Waals surface area contributed by atoms with Crippen molar-refractivity contribution in [3.63, 3.8) is 0 Å². The molecule has 0 bridgehead atoms. The molecule has 0 amide bonds. The van der Waals surface area contributed by atoms with E-state index in [2.05, 4.69) is 43.8 Å². The molecule has 0 aliphatic carbocycles. The summed E-state index contributed by atoms with van der Waals surface area (Å²) in [6, 6.07) is 2.50. The molecule has 0 saturated carbocycles. The van der Waals surface area contributed by atoms with Crippen molar-refractivity contribution in [3.05, 3.63) is 24.0 Å². The zero-order chi connectivity index (χ0) is 11.3. The fraction of sp³-hybridized carbons (Fsp3) is 0.692. The maximum atomic E-state index is 6.08. The first-order chi connectivity index (χ1) is 7.11. The molecule has 1 unspecified atom stereocenters. The van der Waals surface area contributed by atoms with Gasteiger partial charge in [-0.25, -0.2) is 0 Å². The third-order valence-electron chi connectivity index (χ3n) is 2.57. The largest absolute Gasteiger partial charge is 0.354 e. The van der Waals surface area contributed by atoms with Gasteiger partial charge in [-0.2, -0.15) is 0 Å². The Bertz CT molecular complexity index is 276. The van der Waals surface area contributed by atoms with Crippen LogP contribution in [0.1, 0.15) is 39.2 Å². The van der Waals surface area contributed by atoms with Gasteiger partial charge in [0.1, 0.15) is 0 Å². The van der Waals surface area contributed by atoms with Crippen LogP contribution in [-0.4, -0.2) is 10.6 Å². The van der Waals surface area contributed by atoms with Crippen LogP contribution < -0.4 is 5.73 Å². The molecule has 0 fully saturated rings. The number of nitrogens with two attached hydrogens (primary N) is 1. The quantitative estimate of drug-likeness (QED) is 0.765. The normalized spacial score (nSPS) is 13.4. The zero-order valence-corrected chi connectivity index (χ0v) is 10.2. The smallest absolute Gasteiger partial charge is 0.0217 e. The van der Waals surface area contributed by atoms with Gasteiger partial charge in [-0.15, -0.1) is 0 Å². The van der Waals surface area contributed by atoms with Gasteiger partial charge in [0.25, 0.3) is 0 Å². The molecular weight excluding hydrogens is 184 g/mol. The van der Waals surface area contributed by atoms with Crippen molar-refractivity contribution in [1.82, 2.24) is 4.57 Å². The minimum Gasteiger partial charge on any atom is -0.354 e. The first kappa shape index (κ1) is 12.3. The van der Waals surface area contributed by atoms with Crippen molar-refractivity contribution in [1.29, 1.82) is 0 Å².